The van der Waals surface area contributed by atoms with Crippen LogP contribution in [0.5, 0.6) is 0 Å². The van der Waals surface area contributed by atoms with Gasteiger partial charge in [0, 0.05) is 7.77 Å². The van der Waals surface area contributed by atoms with Gasteiger partial charge in [-0.1, -0.05) is 84.0 Å². The standard InChI is InChI=1S/C23H46NO5P/c1-2-3-4-5-6-7-8-9-10-11-12-13-14-15-21-30(27)22-16-24-23(26)29-20-19-28-18-17-25/h22,25H,2-21H2,1H3,(H,24,26). The zero-order chi connectivity index (χ0) is 22.1. The predicted octanol–water partition coefficient (Wildman–Crippen LogP) is 4.76. The number of carbonyl (C=O) groups is 1. The molecule has 0 aromatic rings. The summed E-state index contributed by atoms with van der Waals surface area (Å²) in [7, 11) is -1.37. The van der Waals surface area contributed by atoms with Crippen molar-refractivity contribution < 1.29 is 24.3 Å². The van der Waals surface area contributed by atoms with Gasteiger partial charge in [-0.2, -0.15) is 0 Å². The SMILES string of the molecule is CCCCCCCCCCCCCCCC[P+]([O-])=CCNC(=O)OCCOCCO. The number of alkyl carbamates (subject to hydrolysis) is 1. The van der Waals surface area contributed by atoms with E-state index in [9.17, 15) is 9.69 Å². The maximum Gasteiger partial charge on any atom is 0.407 e. The van der Waals surface area contributed by atoms with Crippen molar-refractivity contribution >= 4 is 19.7 Å². The largest absolute Gasteiger partial charge is 0.631 e. The molecule has 0 radical (unpaired) electrons. The van der Waals surface area contributed by atoms with Gasteiger partial charge in [0.1, 0.15) is 18.6 Å². The molecule has 0 spiro atoms. The van der Waals surface area contributed by atoms with Crippen LogP contribution in [-0.4, -0.2) is 56.1 Å². The molecule has 6 nitrogen and oxygen atoms in total. The molecule has 0 aliphatic carbocycles. The van der Waals surface area contributed by atoms with Gasteiger partial charge in [0.05, 0.1) is 26.4 Å². The highest BCUT2D eigenvalue weighted by molar-refractivity contribution is 7.50. The van der Waals surface area contributed by atoms with Crippen LogP contribution in [0.1, 0.15) is 96.8 Å². The summed E-state index contributed by atoms with van der Waals surface area (Å²) in [5.74, 6) is 1.65. The van der Waals surface area contributed by atoms with Gasteiger partial charge in [-0.15, -0.1) is 0 Å². The van der Waals surface area contributed by atoms with Gasteiger partial charge in [0.2, 0.25) is 0 Å². The molecule has 0 saturated heterocycles. The molecular weight excluding hydrogens is 401 g/mol. The van der Waals surface area contributed by atoms with Gasteiger partial charge in [-0.25, -0.2) is 4.79 Å². The zero-order valence-corrected chi connectivity index (χ0v) is 20.1. The number of hydrogen-bond donors (Lipinski definition) is 2. The van der Waals surface area contributed by atoms with Crippen molar-refractivity contribution in [2.24, 2.45) is 0 Å². The number of unbranched alkanes of at least 4 members (excludes halogenated alkanes) is 13. The summed E-state index contributed by atoms with van der Waals surface area (Å²) in [4.78, 5) is 23.3. The zero-order valence-electron chi connectivity index (χ0n) is 19.2. The van der Waals surface area contributed by atoms with Crippen LogP contribution < -0.4 is 10.2 Å². The molecule has 0 aromatic heterocycles. The van der Waals surface area contributed by atoms with Crippen molar-refractivity contribution in [1.29, 1.82) is 0 Å². The lowest BCUT2D eigenvalue weighted by Gasteiger charge is -2.05. The quantitative estimate of drug-likeness (QED) is 0.184. The van der Waals surface area contributed by atoms with Crippen LogP contribution in [-0.2, 0) is 9.47 Å². The van der Waals surface area contributed by atoms with E-state index in [4.69, 9.17) is 14.6 Å². The first-order valence-corrected chi connectivity index (χ1v) is 13.6. The van der Waals surface area contributed by atoms with Gasteiger partial charge in [-0.05, 0) is 12.8 Å². The Kier molecular flexibility index (Phi) is 24.0. The maximum absolute atomic E-state index is 11.9. The van der Waals surface area contributed by atoms with Crippen LogP contribution >= 0.6 is 7.77 Å². The summed E-state index contributed by atoms with van der Waals surface area (Å²) in [5, 5.41) is 11.1. The normalized spacial score (nSPS) is 11.6. The summed E-state index contributed by atoms with van der Waals surface area (Å²) in [6, 6.07) is 0. The first-order valence-electron chi connectivity index (χ1n) is 12.1. The third-order valence-corrected chi connectivity index (χ3v) is 6.32. The van der Waals surface area contributed by atoms with E-state index in [1.54, 1.807) is 5.80 Å². The Balaban J connectivity index is 3.34. The van der Waals surface area contributed by atoms with Gasteiger partial charge in [-0.3, -0.25) is 0 Å². The summed E-state index contributed by atoms with van der Waals surface area (Å²) in [6.07, 6.45) is 18.6. The Morgan fingerprint density at radius 2 is 1.40 bits per heavy atom. The number of aliphatic hydroxyl groups excluding tert-OH is 1. The van der Waals surface area contributed by atoms with Crippen molar-refractivity contribution in [3.05, 3.63) is 0 Å². The van der Waals surface area contributed by atoms with Crippen molar-refractivity contribution in [2.75, 3.05) is 39.1 Å². The monoisotopic (exact) mass is 447 g/mol. The highest BCUT2D eigenvalue weighted by Gasteiger charge is 2.02. The fraction of sp³-hybridized carbons (Fsp3) is 0.913. The molecule has 0 aliphatic heterocycles. The molecule has 0 saturated carbocycles. The van der Waals surface area contributed by atoms with E-state index in [0.717, 1.165) is 12.8 Å². The van der Waals surface area contributed by atoms with Gasteiger partial charge in [0.25, 0.3) is 0 Å². The topological polar surface area (TPSA) is 90.9 Å². The summed E-state index contributed by atoms with van der Waals surface area (Å²) in [5.41, 5.74) is 0. The third-order valence-electron chi connectivity index (χ3n) is 4.97. The third kappa shape index (κ3) is 23.6. The van der Waals surface area contributed by atoms with E-state index in [0.29, 0.717) is 6.16 Å². The molecular formula is C23H46NO5P. The number of carbonyl (C=O) groups excluding carboxylic acids is 1. The van der Waals surface area contributed by atoms with E-state index < -0.39 is 13.9 Å². The minimum absolute atomic E-state index is 0.0481. The average Bonchev–Trinajstić information content (AvgIpc) is 2.74. The lowest BCUT2D eigenvalue weighted by atomic mass is 10.0. The minimum atomic E-state index is -1.37. The van der Waals surface area contributed by atoms with Crippen LogP contribution in [0.15, 0.2) is 0 Å². The molecule has 178 valence electrons. The fourth-order valence-electron chi connectivity index (χ4n) is 3.20. The molecule has 1 amide bonds. The number of rotatable bonds is 22. The number of ether oxygens (including phenoxy) is 2. The van der Waals surface area contributed by atoms with Crippen LogP contribution in [0.25, 0.3) is 0 Å². The second kappa shape index (κ2) is 24.6. The summed E-state index contributed by atoms with van der Waals surface area (Å²) >= 11 is 0. The van der Waals surface area contributed by atoms with Gasteiger partial charge < -0.3 is 24.8 Å². The molecule has 30 heavy (non-hydrogen) atoms. The lowest BCUT2D eigenvalue weighted by molar-refractivity contribution is -0.152. The van der Waals surface area contributed by atoms with Crippen LogP contribution in [0.3, 0.4) is 0 Å². The first-order chi connectivity index (χ1) is 14.7. The van der Waals surface area contributed by atoms with Crippen LogP contribution in [0, 0.1) is 0 Å². The second-order valence-electron chi connectivity index (χ2n) is 7.77. The molecule has 0 bridgehead atoms. The molecule has 0 fully saturated rings. The van der Waals surface area contributed by atoms with Gasteiger partial charge >= 0.3 is 6.09 Å². The Labute approximate surface area is 185 Å². The maximum atomic E-state index is 11.9. The smallest absolute Gasteiger partial charge is 0.407 e. The average molecular weight is 448 g/mol. The molecule has 1 atom stereocenters. The number of aliphatic hydroxyl groups is 1. The van der Waals surface area contributed by atoms with Crippen LogP contribution in [0.4, 0.5) is 4.79 Å². The Bertz CT molecular complexity index is 407. The van der Waals surface area contributed by atoms with E-state index in [1.165, 1.54) is 77.0 Å². The predicted molar refractivity (Wildman–Crippen MR) is 125 cm³/mol. The first kappa shape index (κ1) is 29.3. The van der Waals surface area contributed by atoms with Crippen molar-refractivity contribution in [3.8, 4) is 0 Å². The van der Waals surface area contributed by atoms with Crippen molar-refractivity contribution in [1.82, 2.24) is 5.32 Å². The highest BCUT2D eigenvalue weighted by atomic mass is 31.1. The minimum Gasteiger partial charge on any atom is -0.631 e. The second-order valence-corrected chi connectivity index (χ2v) is 9.42. The Morgan fingerprint density at radius 3 is 1.93 bits per heavy atom. The molecule has 1 unspecified atom stereocenters. The molecule has 7 heteroatoms. The van der Waals surface area contributed by atoms with Gasteiger partial charge in [0.15, 0.2) is 0 Å². The molecule has 0 heterocycles. The van der Waals surface area contributed by atoms with E-state index >= 15 is 0 Å². The number of hydrogen-bond acceptors (Lipinski definition) is 5. The highest BCUT2D eigenvalue weighted by Crippen LogP contribution is 2.16. The number of nitrogens with one attached hydrogen (secondary N) is 1. The Morgan fingerprint density at radius 1 is 0.867 bits per heavy atom. The van der Waals surface area contributed by atoms with Crippen molar-refractivity contribution in [3.63, 3.8) is 0 Å². The van der Waals surface area contributed by atoms with Crippen molar-refractivity contribution in [2.45, 2.75) is 96.8 Å². The summed E-state index contributed by atoms with van der Waals surface area (Å²) in [6.45, 7) is 3.09. The lowest BCUT2D eigenvalue weighted by Crippen LogP contribution is -2.27. The Hall–Kier alpha value is -0.680. The fourth-order valence-corrected chi connectivity index (χ4v) is 4.21. The summed E-state index contributed by atoms with van der Waals surface area (Å²) < 4.78 is 9.87. The molecule has 0 aromatic carbocycles. The van der Waals surface area contributed by atoms with E-state index in [1.807, 2.05) is 0 Å². The molecule has 0 rings (SSSR count). The van der Waals surface area contributed by atoms with E-state index in [2.05, 4.69) is 12.2 Å². The number of amides is 1. The van der Waals surface area contributed by atoms with Crippen LogP contribution in [0.2, 0.25) is 0 Å². The van der Waals surface area contributed by atoms with E-state index in [-0.39, 0.29) is 33.0 Å². The molecule has 0 aliphatic rings. The molecule has 2 N–H and O–H groups in total.